The van der Waals surface area contributed by atoms with Crippen molar-refractivity contribution >= 4 is 22.6 Å². The molecule has 7 nitrogen and oxygen atoms in total. The summed E-state index contributed by atoms with van der Waals surface area (Å²) in [4.78, 5) is 27.2. The SMILES string of the molecule is CCC(C)NC(=O)CCN(CCCN1CCOCC1)c1nc(C2CC2)nc2ccccc12. The number of benzene rings is 1. The highest BCUT2D eigenvalue weighted by molar-refractivity contribution is 5.90. The summed E-state index contributed by atoms with van der Waals surface area (Å²) in [5, 5.41) is 4.18. The molecule has 2 fully saturated rings. The molecule has 2 heterocycles. The van der Waals surface area contributed by atoms with E-state index < -0.39 is 0 Å². The van der Waals surface area contributed by atoms with Crippen LogP contribution in [0.25, 0.3) is 10.9 Å². The lowest BCUT2D eigenvalue weighted by molar-refractivity contribution is -0.121. The van der Waals surface area contributed by atoms with E-state index in [2.05, 4.69) is 41.1 Å². The highest BCUT2D eigenvalue weighted by atomic mass is 16.5. The third kappa shape index (κ3) is 6.17. The Morgan fingerprint density at radius 3 is 2.75 bits per heavy atom. The molecular formula is C25H37N5O2. The van der Waals surface area contributed by atoms with Crippen LogP contribution in [-0.2, 0) is 9.53 Å². The molecule has 1 amide bonds. The van der Waals surface area contributed by atoms with Crippen LogP contribution in [0.15, 0.2) is 24.3 Å². The predicted molar refractivity (Wildman–Crippen MR) is 128 cm³/mol. The molecule has 2 aromatic rings. The molecule has 0 spiro atoms. The number of amides is 1. The molecule has 4 rings (SSSR count). The number of ether oxygens (including phenoxy) is 1. The van der Waals surface area contributed by atoms with Crippen LogP contribution in [0, 0.1) is 0 Å². The number of hydrogen-bond donors (Lipinski definition) is 1. The first kappa shape index (κ1) is 22.9. The zero-order chi connectivity index (χ0) is 22.3. The lowest BCUT2D eigenvalue weighted by Crippen LogP contribution is -2.39. The summed E-state index contributed by atoms with van der Waals surface area (Å²) >= 11 is 0. The lowest BCUT2D eigenvalue weighted by atomic mass is 10.2. The summed E-state index contributed by atoms with van der Waals surface area (Å²) in [5.74, 6) is 2.54. The van der Waals surface area contributed by atoms with Crippen molar-refractivity contribution in [2.24, 2.45) is 0 Å². The fourth-order valence-corrected chi connectivity index (χ4v) is 4.16. The second-order valence-corrected chi connectivity index (χ2v) is 9.12. The normalized spacial score (nSPS) is 17.9. The van der Waals surface area contributed by atoms with Crippen LogP contribution in [0.4, 0.5) is 5.82 Å². The van der Waals surface area contributed by atoms with Crippen LogP contribution in [0.2, 0.25) is 0 Å². The molecule has 1 aliphatic heterocycles. The van der Waals surface area contributed by atoms with Gasteiger partial charge in [-0.25, -0.2) is 9.97 Å². The largest absolute Gasteiger partial charge is 0.379 e. The zero-order valence-electron chi connectivity index (χ0n) is 19.6. The Balaban J connectivity index is 1.51. The molecule has 1 saturated carbocycles. The molecule has 1 N–H and O–H groups in total. The highest BCUT2D eigenvalue weighted by Gasteiger charge is 2.28. The number of hydrogen-bond acceptors (Lipinski definition) is 6. The second kappa shape index (κ2) is 11.1. The van der Waals surface area contributed by atoms with E-state index in [4.69, 9.17) is 14.7 Å². The van der Waals surface area contributed by atoms with Crippen molar-refractivity contribution in [3.63, 3.8) is 0 Å². The molecule has 1 atom stereocenters. The first-order valence-corrected chi connectivity index (χ1v) is 12.2. The van der Waals surface area contributed by atoms with Gasteiger partial charge in [0.1, 0.15) is 11.6 Å². The maximum Gasteiger partial charge on any atom is 0.221 e. The number of nitrogens with one attached hydrogen (secondary N) is 1. The van der Waals surface area contributed by atoms with Crippen molar-refractivity contribution in [3.05, 3.63) is 30.1 Å². The minimum Gasteiger partial charge on any atom is -0.379 e. The number of carbonyl (C=O) groups excluding carboxylic acids is 1. The molecule has 0 radical (unpaired) electrons. The summed E-state index contributed by atoms with van der Waals surface area (Å²) in [6.07, 6.45) is 4.79. The molecule has 174 valence electrons. The molecule has 7 heteroatoms. The standard InChI is InChI=1S/C25H37N5O2/c1-3-19(2)26-23(31)11-14-30(13-6-12-29-15-17-32-18-16-29)25-21-7-4-5-8-22(21)27-24(28-25)20-9-10-20/h4-5,7-8,19-20H,3,6,9-18H2,1-2H3,(H,26,31). The molecule has 1 aromatic carbocycles. The van der Waals surface area contributed by atoms with Crippen molar-refractivity contribution in [2.75, 3.05) is 50.8 Å². The molecule has 2 aliphatic rings. The average Bonchev–Trinajstić information content (AvgIpc) is 3.67. The van der Waals surface area contributed by atoms with Gasteiger partial charge in [-0.1, -0.05) is 19.1 Å². The second-order valence-electron chi connectivity index (χ2n) is 9.12. The third-order valence-corrected chi connectivity index (χ3v) is 6.48. The number of aromatic nitrogens is 2. The first-order valence-electron chi connectivity index (χ1n) is 12.2. The maximum atomic E-state index is 12.5. The van der Waals surface area contributed by atoms with Crippen molar-refractivity contribution < 1.29 is 9.53 Å². The number of para-hydroxylation sites is 1. The van der Waals surface area contributed by atoms with Gasteiger partial charge < -0.3 is 15.0 Å². The Kier molecular flexibility index (Phi) is 7.92. The topological polar surface area (TPSA) is 70.6 Å². The minimum atomic E-state index is 0.110. The summed E-state index contributed by atoms with van der Waals surface area (Å²) in [5.41, 5.74) is 1.00. The highest BCUT2D eigenvalue weighted by Crippen LogP contribution is 2.39. The number of carbonyl (C=O) groups is 1. The van der Waals surface area contributed by atoms with Crippen LogP contribution >= 0.6 is 0 Å². The maximum absolute atomic E-state index is 12.5. The molecular weight excluding hydrogens is 402 g/mol. The van der Waals surface area contributed by atoms with Gasteiger partial charge in [-0.2, -0.15) is 0 Å². The van der Waals surface area contributed by atoms with Gasteiger partial charge in [-0.3, -0.25) is 9.69 Å². The summed E-state index contributed by atoms with van der Waals surface area (Å²) in [6.45, 7) is 10.4. The fourth-order valence-electron chi connectivity index (χ4n) is 4.16. The van der Waals surface area contributed by atoms with Crippen LogP contribution < -0.4 is 10.2 Å². The Morgan fingerprint density at radius 1 is 1.22 bits per heavy atom. The minimum absolute atomic E-state index is 0.110. The molecule has 1 unspecified atom stereocenters. The molecule has 1 aliphatic carbocycles. The van der Waals surface area contributed by atoms with E-state index in [0.29, 0.717) is 18.9 Å². The van der Waals surface area contributed by atoms with Gasteiger partial charge in [0.2, 0.25) is 5.91 Å². The third-order valence-electron chi connectivity index (χ3n) is 6.48. The Bertz CT molecular complexity index is 895. The average molecular weight is 440 g/mol. The monoisotopic (exact) mass is 439 g/mol. The van der Waals surface area contributed by atoms with Crippen LogP contribution in [0.5, 0.6) is 0 Å². The van der Waals surface area contributed by atoms with E-state index in [1.165, 1.54) is 12.8 Å². The van der Waals surface area contributed by atoms with E-state index in [1.807, 2.05) is 12.1 Å². The van der Waals surface area contributed by atoms with Crippen molar-refractivity contribution in [1.82, 2.24) is 20.2 Å². The van der Waals surface area contributed by atoms with Gasteiger partial charge in [-0.15, -0.1) is 0 Å². The van der Waals surface area contributed by atoms with E-state index >= 15 is 0 Å². The van der Waals surface area contributed by atoms with Gasteiger partial charge in [0.25, 0.3) is 0 Å². The quantitative estimate of drug-likeness (QED) is 0.579. The summed E-state index contributed by atoms with van der Waals surface area (Å²) in [7, 11) is 0. The summed E-state index contributed by atoms with van der Waals surface area (Å²) < 4.78 is 5.48. The van der Waals surface area contributed by atoms with E-state index in [-0.39, 0.29) is 11.9 Å². The number of rotatable bonds is 11. The van der Waals surface area contributed by atoms with E-state index in [0.717, 1.165) is 74.8 Å². The van der Waals surface area contributed by atoms with Crippen molar-refractivity contribution in [3.8, 4) is 0 Å². The van der Waals surface area contributed by atoms with Gasteiger partial charge in [0.05, 0.1) is 18.7 Å². The van der Waals surface area contributed by atoms with Gasteiger partial charge >= 0.3 is 0 Å². The van der Waals surface area contributed by atoms with Crippen LogP contribution in [0.1, 0.15) is 57.7 Å². The smallest absolute Gasteiger partial charge is 0.221 e. The number of anilines is 1. The van der Waals surface area contributed by atoms with Crippen molar-refractivity contribution in [1.29, 1.82) is 0 Å². The van der Waals surface area contributed by atoms with E-state index in [1.54, 1.807) is 0 Å². The van der Waals surface area contributed by atoms with Gasteiger partial charge in [0.15, 0.2) is 0 Å². The first-order chi connectivity index (χ1) is 15.6. The molecule has 1 aromatic heterocycles. The molecule has 0 bridgehead atoms. The number of fused-ring (bicyclic) bond motifs is 1. The Labute approximate surface area is 191 Å². The summed E-state index contributed by atoms with van der Waals surface area (Å²) in [6, 6.07) is 8.48. The van der Waals surface area contributed by atoms with Gasteiger partial charge in [0, 0.05) is 56.5 Å². The Hall–Kier alpha value is -2.25. The molecule has 1 saturated heterocycles. The number of morpholine rings is 1. The lowest BCUT2D eigenvalue weighted by Gasteiger charge is -2.29. The zero-order valence-corrected chi connectivity index (χ0v) is 19.6. The predicted octanol–water partition coefficient (Wildman–Crippen LogP) is 3.34. The van der Waals surface area contributed by atoms with E-state index in [9.17, 15) is 4.79 Å². The van der Waals surface area contributed by atoms with Crippen LogP contribution in [0.3, 0.4) is 0 Å². The fraction of sp³-hybridized carbons (Fsp3) is 0.640. The molecule has 32 heavy (non-hydrogen) atoms. The van der Waals surface area contributed by atoms with Gasteiger partial charge in [-0.05, 0) is 44.7 Å². The number of nitrogens with zero attached hydrogens (tertiary/aromatic N) is 4. The Morgan fingerprint density at radius 2 is 2.00 bits per heavy atom. The van der Waals surface area contributed by atoms with Crippen LogP contribution in [-0.4, -0.2) is 72.8 Å². The van der Waals surface area contributed by atoms with Crippen molar-refractivity contribution in [2.45, 2.75) is 57.9 Å².